The van der Waals surface area contributed by atoms with Crippen LogP contribution in [0.15, 0.2) is 24.3 Å². The molecule has 1 unspecified atom stereocenters. The molecule has 1 aromatic carbocycles. The maximum absolute atomic E-state index is 12.1. The number of benzene rings is 1. The van der Waals surface area contributed by atoms with Crippen molar-refractivity contribution in [3.63, 3.8) is 0 Å². The highest BCUT2D eigenvalue weighted by molar-refractivity contribution is 6.31. The zero-order valence-corrected chi connectivity index (χ0v) is 11.7. The van der Waals surface area contributed by atoms with Crippen LogP contribution in [0.1, 0.15) is 11.6 Å². The van der Waals surface area contributed by atoms with E-state index in [0.29, 0.717) is 5.56 Å². The SMILES string of the molecule is O=C1CNC(C(=O)N[C@@H](C(=O)O)c2ccccc2Cl)CN1. The van der Waals surface area contributed by atoms with Gasteiger partial charge in [0.25, 0.3) is 0 Å². The molecule has 0 radical (unpaired) electrons. The zero-order valence-electron chi connectivity index (χ0n) is 10.9. The second-order valence-electron chi connectivity index (χ2n) is 4.54. The number of nitrogens with one attached hydrogen (secondary N) is 3. The molecule has 1 heterocycles. The van der Waals surface area contributed by atoms with Gasteiger partial charge in [-0.2, -0.15) is 0 Å². The Bertz CT molecular complexity index is 568. The summed E-state index contributed by atoms with van der Waals surface area (Å²) in [5.41, 5.74) is 0.305. The lowest BCUT2D eigenvalue weighted by molar-refractivity contribution is -0.142. The number of hydrogen-bond donors (Lipinski definition) is 4. The number of piperazine rings is 1. The Hall–Kier alpha value is -2.12. The minimum Gasteiger partial charge on any atom is -0.479 e. The first-order valence-electron chi connectivity index (χ1n) is 6.26. The molecule has 1 aromatic rings. The largest absolute Gasteiger partial charge is 0.479 e. The van der Waals surface area contributed by atoms with Gasteiger partial charge in [0.2, 0.25) is 11.8 Å². The standard InChI is InChI=1S/C13H14ClN3O4/c14-8-4-2-1-3-7(8)11(13(20)21)17-12(19)9-5-16-10(18)6-15-9/h1-4,9,11,15H,5-6H2,(H,16,18)(H,17,19)(H,20,21)/t9?,11-/m1/s1. The molecule has 0 aromatic heterocycles. The van der Waals surface area contributed by atoms with Crippen LogP contribution in [0.25, 0.3) is 0 Å². The molecule has 8 heteroatoms. The molecule has 0 saturated carbocycles. The van der Waals surface area contributed by atoms with E-state index in [4.69, 9.17) is 11.6 Å². The van der Waals surface area contributed by atoms with E-state index in [-0.39, 0.29) is 24.0 Å². The summed E-state index contributed by atoms with van der Waals surface area (Å²) in [5.74, 6) is -1.93. The monoisotopic (exact) mass is 311 g/mol. The molecule has 1 aliphatic rings. The predicted molar refractivity (Wildman–Crippen MR) is 74.8 cm³/mol. The van der Waals surface area contributed by atoms with Gasteiger partial charge in [0.05, 0.1) is 6.54 Å². The summed E-state index contributed by atoms with van der Waals surface area (Å²) in [5, 5.41) is 17.2. The van der Waals surface area contributed by atoms with E-state index in [1.165, 1.54) is 6.07 Å². The van der Waals surface area contributed by atoms with E-state index in [1.54, 1.807) is 18.2 Å². The molecule has 1 aliphatic heterocycles. The molecular formula is C13H14ClN3O4. The quantitative estimate of drug-likeness (QED) is 0.609. The topological polar surface area (TPSA) is 108 Å². The van der Waals surface area contributed by atoms with Crippen molar-refractivity contribution in [3.05, 3.63) is 34.9 Å². The Morgan fingerprint density at radius 1 is 1.38 bits per heavy atom. The lowest BCUT2D eigenvalue weighted by atomic mass is 10.1. The molecule has 2 atom stereocenters. The summed E-state index contributed by atoms with van der Waals surface area (Å²) in [6, 6.07) is 4.49. The fourth-order valence-electron chi connectivity index (χ4n) is 1.98. The van der Waals surface area contributed by atoms with Crippen molar-refractivity contribution in [3.8, 4) is 0 Å². The van der Waals surface area contributed by atoms with Crippen LogP contribution in [0, 0.1) is 0 Å². The van der Waals surface area contributed by atoms with E-state index < -0.39 is 24.0 Å². The molecule has 0 spiro atoms. The lowest BCUT2D eigenvalue weighted by Gasteiger charge is -2.25. The summed E-state index contributed by atoms with van der Waals surface area (Å²) in [4.78, 5) is 34.4. The smallest absolute Gasteiger partial charge is 0.330 e. The molecule has 7 nitrogen and oxygen atoms in total. The fraction of sp³-hybridized carbons (Fsp3) is 0.308. The number of carboxylic acids is 1. The second kappa shape index (κ2) is 6.55. The Labute approximate surface area is 125 Å². The van der Waals surface area contributed by atoms with Crippen LogP contribution in [-0.2, 0) is 14.4 Å². The van der Waals surface area contributed by atoms with Gasteiger partial charge in [0, 0.05) is 17.1 Å². The Balaban J connectivity index is 2.10. The molecule has 0 bridgehead atoms. The summed E-state index contributed by atoms with van der Waals surface area (Å²) in [6.45, 7) is 0.126. The number of carbonyl (C=O) groups excluding carboxylic acids is 2. The van der Waals surface area contributed by atoms with Crippen molar-refractivity contribution >= 4 is 29.4 Å². The highest BCUT2D eigenvalue weighted by Crippen LogP contribution is 2.22. The van der Waals surface area contributed by atoms with Crippen molar-refractivity contribution in [2.75, 3.05) is 13.1 Å². The van der Waals surface area contributed by atoms with Gasteiger partial charge in [0.15, 0.2) is 6.04 Å². The minimum absolute atomic E-state index is 0.0158. The zero-order chi connectivity index (χ0) is 15.4. The number of amides is 2. The van der Waals surface area contributed by atoms with Crippen molar-refractivity contribution in [2.24, 2.45) is 0 Å². The Kier molecular flexibility index (Phi) is 4.77. The maximum atomic E-state index is 12.1. The molecule has 0 aliphatic carbocycles. The number of carbonyl (C=O) groups is 3. The van der Waals surface area contributed by atoms with Gasteiger partial charge in [-0.15, -0.1) is 0 Å². The number of hydrogen-bond acceptors (Lipinski definition) is 4. The third kappa shape index (κ3) is 3.71. The third-order valence-corrected chi connectivity index (χ3v) is 3.42. The van der Waals surface area contributed by atoms with E-state index in [0.717, 1.165) is 0 Å². The number of rotatable bonds is 4. The highest BCUT2D eigenvalue weighted by atomic mass is 35.5. The van der Waals surface area contributed by atoms with Crippen LogP contribution in [0.2, 0.25) is 5.02 Å². The number of aliphatic carboxylic acids is 1. The summed E-state index contributed by atoms with van der Waals surface area (Å²) in [7, 11) is 0. The van der Waals surface area contributed by atoms with Crippen molar-refractivity contribution < 1.29 is 19.5 Å². The summed E-state index contributed by atoms with van der Waals surface area (Å²) >= 11 is 5.96. The van der Waals surface area contributed by atoms with E-state index in [1.807, 2.05) is 0 Å². The first-order chi connectivity index (χ1) is 9.99. The van der Waals surface area contributed by atoms with Crippen molar-refractivity contribution in [1.29, 1.82) is 0 Å². The van der Waals surface area contributed by atoms with Gasteiger partial charge in [0.1, 0.15) is 6.04 Å². The lowest BCUT2D eigenvalue weighted by Crippen LogP contribution is -2.58. The van der Waals surface area contributed by atoms with Crippen LogP contribution in [-0.4, -0.2) is 42.0 Å². The average Bonchev–Trinajstić information content (AvgIpc) is 2.46. The molecule has 21 heavy (non-hydrogen) atoms. The van der Waals surface area contributed by atoms with Gasteiger partial charge in [-0.25, -0.2) is 4.79 Å². The molecular weight excluding hydrogens is 298 g/mol. The van der Waals surface area contributed by atoms with Gasteiger partial charge in [-0.05, 0) is 6.07 Å². The average molecular weight is 312 g/mol. The molecule has 1 saturated heterocycles. The third-order valence-electron chi connectivity index (χ3n) is 3.08. The number of carboxylic acid groups (broad SMARTS) is 1. The van der Waals surface area contributed by atoms with Gasteiger partial charge in [-0.3, -0.25) is 14.9 Å². The first kappa shape index (κ1) is 15.3. The molecule has 1 fully saturated rings. The predicted octanol–water partition coefficient (Wildman–Crippen LogP) is -0.330. The van der Waals surface area contributed by atoms with Crippen molar-refractivity contribution in [2.45, 2.75) is 12.1 Å². The molecule has 2 amide bonds. The fourth-order valence-corrected chi connectivity index (χ4v) is 2.22. The second-order valence-corrected chi connectivity index (χ2v) is 4.95. The summed E-state index contributed by atoms with van der Waals surface area (Å²) < 4.78 is 0. The number of halogens is 1. The van der Waals surface area contributed by atoms with Crippen molar-refractivity contribution in [1.82, 2.24) is 16.0 Å². The normalized spacial score (nSPS) is 19.5. The van der Waals surface area contributed by atoms with Crippen LogP contribution in [0.3, 0.4) is 0 Å². The highest BCUT2D eigenvalue weighted by Gasteiger charge is 2.29. The van der Waals surface area contributed by atoms with E-state index in [9.17, 15) is 19.5 Å². The van der Waals surface area contributed by atoms with Crippen LogP contribution >= 0.6 is 11.6 Å². The van der Waals surface area contributed by atoms with Gasteiger partial charge < -0.3 is 15.7 Å². The van der Waals surface area contributed by atoms with Gasteiger partial charge >= 0.3 is 5.97 Å². The first-order valence-corrected chi connectivity index (χ1v) is 6.64. The van der Waals surface area contributed by atoms with Crippen LogP contribution in [0.4, 0.5) is 0 Å². The van der Waals surface area contributed by atoms with Crippen LogP contribution in [0.5, 0.6) is 0 Å². The molecule has 4 N–H and O–H groups in total. The Morgan fingerprint density at radius 3 is 2.67 bits per heavy atom. The maximum Gasteiger partial charge on any atom is 0.330 e. The molecule has 2 rings (SSSR count). The van der Waals surface area contributed by atoms with Gasteiger partial charge in [-0.1, -0.05) is 29.8 Å². The minimum atomic E-state index is -1.24. The summed E-state index contributed by atoms with van der Waals surface area (Å²) in [6.07, 6.45) is 0. The van der Waals surface area contributed by atoms with E-state index in [2.05, 4.69) is 16.0 Å². The van der Waals surface area contributed by atoms with Crippen LogP contribution < -0.4 is 16.0 Å². The Morgan fingerprint density at radius 2 is 2.10 bits per heavy atom. The van der Waals surface area contributed by atoms with E-state index >= 15 is 0 Å². The molecule has 112 valence electrons.